The number of amides is 1. The molecule has 1 fully saturated rings. The summed E-state index contributed by atoms with van der Waals surface area (Å²) in [5.74, 6) is -1.31. The van der Waals surface area contributed by atoms with Crippen molar-refractivity contribution < 1.29 is 22.4 Å². The van der Waals surface area contributed by atoms with Gasteiger partial charge in [-0.1, -0.05) is 11.6 Å². The normalized spacial score (nSPS) is 14.6. The molecule has 8 heteroatoms. The van der Waals surface area contributed by atoms with Gasteiger partial charge < -0.3 is 10.2 Å². The van der Waals surface area contributed by atoms with Gasteiger partial charge in [-0.3, -0.25) is 4.79 Å². The smallest absolute Gasteiger partial charge is 0.370 e. The third kappa shape index (κ3) is 3.93. The second kappa shape index (κ2) is 7.15. The second-order valence-electron chi connectivity index (χ2n) is 6.00. The zero-order chi connectivity index (χ0) is 18.9. The Morgan fingerprint density at radius 1 is 1.08 bits per heavy atom. The minimum absolute atomic E-state index is 0.0159. The fourth-order valence-electron chi connectivity index (χ4n) is 2.91. The van der Waals surface area contributed by atoms with Crippen LogP contribution in [0.25, 0.3) is 0 Å². The molecule has 0 unspecified atom stereocenters. The molecule has 0 bridgehead atoms. The summed E-state index contributed by atoms with van der Waals surface area (Å²) in [5.41, 5.74) is -0.312. The van der Waals surface area contributed by atoms with E-state index in [2.05, 4.69) is 5.32 Å². The third-order valence-corrected chi connectivity index (χ3v) is 4.51. The molecular weight excluding hydrogens is 372 g/mol. The monoisotopic (exact) mass is 386 g/mol. The first-order chi connectivity index (χ1) is 12.3. The Hall–Kier alpha value is -2.28. The van der Waals surface area contributed by atoms with E-state index in [0.717, 1.165) is 37.1 Å². The van der Waals surface area contributed by atoms with E-state index in [1.165, 1.54) is 12.1 Å². The van der Waals surface area contributed by atoms with Gasteiger partial charge in [0.25, 0.3) is 5.91 Å². The standard InChI is InChI=1S/C18H15ClF4N2O/c19-14-10-12(20)4-5-13(14)17(26)24-15-9-11(18(21,22)23)3-6-16(15)25-7-1-2-8-25/h3-6,9-10H,1-2,7-8H2,(H,24,26). The van der Waals surface area contributed by atoms with E-state index in [9.17, 15) is 22.4 Å². The Balaban J connectivity index is 1.96. The fraction of sp³-hybridized carbons (Fsp3) is 0.278. The Labute approximate surface area is 152 Å². The summed E-state index contributed by atoms with van der Waals surface area (Å²) >= 11 is 5.87. The highest BCUT2D eigenvalue weighted by Crippen LogP contribution is 2.37. The first-order valence-electron chi connectivity index (χ1n) is 7.98. The van der Waals surface area contributed by atoms with Crippen LogP contribution in [0.5, 0.6) is 0 Å². The van der Waals surface area contributed by atoms with Crippen LogP contribution in [-0.4, -0.2) is 19.0 Å². The Morgan fingerprint density at radius 3 is 2.38 bits per heavy atom. The van der Waals surface area contributed by atoms with Gasteiger partial charge in [-0.05, 0) is 49.2 Å². The molecule has 1 N–H and O–H groups in total. The number of hydrogen-bond acceptors (Lipinski definition) is 2. The zero-order valence-electron chi connectivity index (χ0n) is 13.5. The van der Waals surface area contributed by atoms with Crippen LogP contribution in [0.1, 0.15) is 28.8 Å². The molecule has 3 rings (SSSR count). The lowest BCUT2D eigenvalue weighted by Crippen LogP contribution is -2.22. The minimum atomic E-state index is -4.53. The van der Waals surface area contributed by atoms with Gasteiger partial charge in [0.05, 0.1) is 27.5 Å². The SMILES string of the molecule is O=C(Nc1cc(C(F)(F)F)ccc1N1CCCC1)c1ccc(F)cc1Cl. The average Bonchev–Trinajstić information content (AvgIpc) is 3.08. The number of rotatable bonds is 3. The number of halogens is 5. The third-order valence-electron chi connectivity index (χ3n) is 4.19. The topological polar surface area (TPSA) is 32.3 Å². The number of anilines is 2. The van der Waals surface area contributed by atoms with E-state index in [0.29, 0.717) is 18.8 Å². The van der Waals surface area contributed by atoms with Gasteiger partial charge in [-0.2, -0.15) is 13.2 Å². The van der Waals surface area contributed by atoms with Crippen molar-refractivity contribution in [3.63, 3.8) is 0 Å². The summed E-state index contributed by atoms with van der Waals surface area (Å²) in [4.78, 5) is 14.4. The molecule has 0 aromatic heterocycles. The van der Waals surface area contributed by atoms with Crippen LogP contribution in [0, 0.1) is 5.82 Å². The van der Waals surface area contributed by atoms with Gasteiger partial charge in [0.1, 0.15) is 5.82 Å². The summed E-state index contributed by atoms with van der Waals surface area (Å²) in [7, 11) is 0. The van der Waals surface area contributed by atoms with E-state index in [1.807, 2.05) is 4.90 Å². The molecule has 138 valence electrons. The fourth-order valence-corrected chi connectivity index (χ4v) is 3.16. The van der Waals surface area contributed by atoms with Crippen LogP contribution in [0.15, 0.2) is 36.4 Å². The highest BCUT2D eigenvalue weighted by molar-refractivity contribution is 6.34. The van der Waals surface area contributed by atoms with Crippen molar-refractivity contribution in [2.45, 2.75) is 19.0 Å². The molecule has 2 aromatic rings. The zero-order valence-corrected chi connectivity index (χ0v) is 14.3. The molecule has 0 spiro atoms. The van der Waals surface area contributed by atoms with Crippen LogP contribution >= 0.6 is 11.6 Å². The number of hydrogen-bond donors (Lipinski definition) is 1. The predicted molar refractivity (Wildman–Crippen MR) is 92.3 cm³/mol. The van der Waals surface area contributed by atoms with E-state index < -0.39 is 23.5 Å². The lowest BCUT2D eigenvalue weighted by molar-refractivity contribution is -0.137. The maximum Gasteiger partial charge on any atom is 0.416 e. The number of carbonyl (C=O) groups excluding carboxylic acids is 1. The van der Waals surface area contributed by atoms with Crippen LogP contribution in [0.2, 0.25) is 5.02 Å². The van der Waals surface area contributed by atoms with Gasteiger partial charge in [0.2, 0.25) is 0 Å². The van der Waals surface area contributed by atoms with E-state index >= 15 is 0 Å². The number of carbonyl (C=O) groups is 1. The largest absolute Gasteiger partial charge is 0.416 e. The summed E-state index contributed by atoms with van der Waals surface area (Å²) in [6.07, 6.45) is -2.67. The molecule has 0 saturated carbocycles. The molecule has 0 radical (unpaired) electrons. The van der Waals surface area contributed by atoms with Gasteiger partial charge >= 0.3 is 6.18 Å². The number of alkyl halides is 3. The molecule has 26 heavy (non-hydrogen) atoms. The Kier molecular flexibility index (Phi) is 5.09. The molecule has 1 saturated heterocycles. The maximum atomic E-state index is 13.1. The Bertz CT molecular complexity index is 832. The first kappa shape index (κ1) is 18.5. The highest BCUT2D eigenvalue weighted by Gasteiger charge is 2.32. The molecule has 1 heterocycles. The molecule has 1 aliphatic heterocycles. The maximum absolute atomic E-state index is 13.1. The second-order valence-corrected chi connectivity index (χ2v) is 6.41. The van der Waals surface area contributed by atoms with Crippen molar-refractivity contribution >= 4 is 28.9 Å². The Morgan fingerprint density at radius 2 is 1.77 bits per heavy atom. The minimum Gasteiger partial charge on any atom is -0.370 e. The van der Waals surface area contributed by atoms with Crippen LogP contribution in [0.4, 0.5) is 28.9 Å². The van der Waals surface area contributed by atoms with Crippen molar-refractivity contribution in [3.8, 4) is 0 Å². The summed E-state index contributed by atoms with van der Waals surface area (Å²) in [6, 6.07) is 6.49. The summed E-state index contributed by atoms with van der Waals surface area (Å²) < 4.78 is 52.3. The van der Waals surface area contributed by atoms with Crippen molar-refractivity contribution in [2.24, 2.45) is 0 Å². The lowest BCUT2D eigenvalue weighted by Gasteiger charge is -2.23. The number of nitrogens with one attached hydrogen (secondary N) is 1. The number of benzene rings is 2. The van der Waals surface area contributed by atoms with Gasteiger partial charge in [0.15, 0.2) is 0 Å². The lowest BCUT2D eigenvalue weighted by atomic mass is 10.1. The summed E-state index contributed by atoms with van der Waals surface area (Å²) in [6.45, 7) is 1.40. The van der Waals surface area contributed by atoms with Gasteiger partial charge in [0, 0.05) is 13.1 Å². The number of nitrogens with zero attached hydrogens (tertiary/aromatic N) is 1. The highest BCUT2D eigenvalue weighted by atomic mass is 35.5. The van der Waals surface area contributed by atoms with E-state index in [1.54, 1.807) is 0 Å². The first-order valence-corrected chi connectivity index (χ1v) is 8.36. The quantitative estimate of drug-likeness (QED) is 0.721. The average molecular weight is 387 g/mol. The molecule has 2 aromatic carbocycles. The van der Waals surface area contributed by atoms with Crippen molar-refractivity contribution in [2.75, 3.05) is 23.3 Å². The molecule has 1 amide bonds. The molecule has 3 nitrogen and oxygen atoms in total. The van der Waals surface area contributed by atoms with Crippen LogP contribution in [0.3, 0.4) is 0 Å². The van der Waals surface area contributed by atoms with Crippen LogP contribution < -0.4 is 10.2 Å². The molecular formula is C18H15ClF4N2O. The van der Waals surface area contributed by atoms with Crippen molar-refractivity contribution in [1.82, 2.24) is 0 Å². The van der Waals surface area contributed by atoms with Gasteiger partial charge in [-0.25, -0.2) is 4.39 Å². The summed E-state index contributed by atoms with van der Waals surface area (Å²) in [5, 5.41) is 2.38. The van der Waals surface area contributed by atoms with Crippen molar-refractivity contribution in [1.29, 1.82) is 0 Å². The van der Waals surface area contributed by atoms with Gasteiger partial charge in [-0.15, -0.1) is 0 Å². The molecule has 1 aliphatic rings. The van der Waals surface area contributed by atoms with E-state index in [-0.39, 0.29) is 16.3 Å². The molecule has 0 atom stereocenters. The van der Waals surface area contributed by atoms with Crippen molar-refractivity contribution in [3.05, 3.63) is 58.4 Å². The van der Waals surface area contributed by atoms with E-state index in [4.69, 9.17) is 11.6 Å². The predicted octanol–water partition coefficient (Wildman–Crippen LogP) is 5.35. The molecule has 0 aliphatic carbocycles. The van der Waals surface area contributed by atoms with Crippen LogP contribution in [-0.2, 0) is 6.18 Å².